The zero-order chi connectivity index (χ0) is 23.7. The molecule has 0 saturated heterocycles. The normalized spacial score (nSPS) is 10.3. The number of primary amides is 1. The Labute approximate surface area is 200 Å². The van der Waals surface area contributed by atoms with Crippen LogP contribution in [0.15, 0.2) is 52.0 Å². The molecular formula is C22H26BrFN6OS. The molecule has 3 rings (SSSR count). The first-order valence-electron chi connectivity index (χ1n) is 9.75. The number of hydrogen-bond donors (Lipinski definition) is 4. The molecule has 10 heteroatoms. The smallest absolute Gasteiger partial charge is 0.229 e. The predicted molar refractivity (Wildman–Crippen MR) is 133 cm³/mol. The molecule has 0 aliphatic carbocycles. The van der Waals surface area contributed by atoms with Crippen LogP contribution in [0, 0.1) is 19.7 Å². The fourth-order valence-electron chi connectivity index (χ4n) is 2.53. The molecule has 0 bridgehead atoms. The SMILES string of the molecule is Cc1cc(SNC(C)C)ccc1Nc1ncc(Br)c(Nc2cccc(F)c2C)n1.NC=O. The predicted octanol–water partition coefficient (Wildman–Crippen LogP) is 5.59. The van der Waals surface area contributed by atoms with E-state index in [9.17, 15) is 4.39 Å². The number of halogens is 2. The van der Waals surface area contributed by atoms with Crippen molar-refractivity contribution >= 4 is 57.4 Å². The second-order valence-corrected chi connectivity index (χ2v) is 8.81. The molecule has 1 aromatic heterocycles. The third-order valence-electron chi connectivity index (χ3n) is 4.12. The summed E-state index contributed by atoms with van der Waals surface area (Å²) >= 11 is 5.06. The molecular weight excluding hydrogens is 495 g/mol. The van der Waals surface area contributed by atoms with E-state index in [0.717, 1.165) is 16.1 Å². The van der Waals surface area contributed by atoms with Crippen molar-refractivity contribution in [1.82, 2.24) is 14.7 Å². The van der Waals surface area contributed by atoms with Crippen LogP contribution in [0.2, 0.25) is 0 Å². The molecule has 1 amide bonds. The van der Waals surface area contributed by atoms with Crippen molar-refractivity contribution in [3.8, 4) is 0 Å². The highest BCUT2D eigenvalue weighted by Gasteiger charge is 2.10. The van der Waals surface area contributed by atoms with Crippen LogP contribution >= 0.6 is 27.9 Å². The summed E-state index contributed by atoms with van der Waals surface area (Å²) in [5.74, 6) is 0.745. The molecule has 0 radical (unpaired) electrons. The van der Waals surface area contributed by atoms with Gasteiger partial charge < -0.3 is 16.4 Å². The van der Waals surface area contributed by atoms with E-state index in [0.29, 0.717) is 33.5 Å². The van der Waals surface area contributed by atoms with Crippen molar-refractivity contribution in [3.05, 3.63) is 64.0 Å². The Morgan fingerprint density at radius 3 is 2.53 bits per heavy atom. The molecule has 0 unspecified atom stereocenters. The minimum Gasteiger partial charge on any atom is -0.372 e. The average Bonchev–Trinajstić information content (AvgIpc) is 2.74. The lowest BCUT2D eigenvalue weighted by atomic mass is 10.2. The molecule has 5 N–H and O–H groups in total. The van der Waals surface area contributed by atoms with Crippen LogP contribution in [-0.4, -0.2) is 22.4 Å². The molecule has 3 aromatic rings. The number of nitrogens with zero attached hydrogens (tertiary/aromatic N) is 2. The van der Waals surface area contributed by atoms with Crippen LogP contribution in [-0.2, 0) is 4.79 Å². The van der Waals surface area contributed by atoms with E-state index in [-0.39, 0.29) is 12.2 Å². The first-order chi connectivity index (χ1) is 15.2. The summed E-state index contributed by atoms with van der Waals surface area (Å²) in [5.41, 5.74) is 7.37. The zero-order valence-corrected chi connectivity index (χ0v) is 20.6. The second kappa shape index (κ2) is 12.4. The molecule has 0 aliphatic heterocycles. The number of nitrogens with one attached hydrogen (secondary N) is 3. The van der Waals surface area contributed by atoms with E-state index in [1.807, 2.05) is 25.1 Å². The Balaban J connectivity index is 0.00000114. The van der Waals surface area contributed by atoms with Gasteiger partial charge in [-0.2, -0.15) is 4.98 Å². The number of carbonyl (C=O) groups excluding carboxylic acids is 1. The maximum atomic E-state index is 13.8. The molecule has 0 fully saturated rings. The van der Waals surface area contributed by atoms with Crippen LogP contribution < -0.4 is 21.1 Å². The summed E-state index contributed by atoms with van der Waals surface area (Å²) in [6, 6.07) is 11.5. The van der Waals surface area contributed by atoms with Crippen molar-refractivity contribution in [2.75, 3.05) is 10.6 Å². The molecule has 2 aromatic carbocycles. The topological polar surface area (TPSA) is 105 Å². The number of aromatic nitrogens is 2. The Morgan fingerprint density at radius 1 is 1.16 bits per heavy atom. The summed E-state index contributed by atoms with van der Waals surface area (Å²) in [7, 11) is 0. The molecule has 0 aliphatic rings. The Hall–Kier alpha value is -2.69. The largest absolute Gasteiger partial charge is 0.372 e. The lowest BCUT2D eigenvalue weighted by Gasteiger charge is -2.14. The van der Waals surface area contributed by atoms with Gasteiger partial charge in [0.2, 0.25) is 12.4 Å². The monoisotopic (exact) mass is 520 g/mol. The number of carbonyl (C=O) groups is 1. The molecule has 0 atom stereocenters. The number of nitrogens with two attached hydrogens (primary N) is 1. The van der Waals surface area contributed by atoms with E-state index in [4.69, 9.17) is 4.79 Å². The minimum atomic E-state index is -0.265. The number of aryl methyl sites for hydroxylation is 1. The summed E-state index contributed by atoms with van der Waals surface area (Å²) in [6.07, 6.45) is 1.92. The van der Waals surface area contributed by atoms with E-state index >= 15 is 0 Å². The van der Waals surface area contributed by atoms with Gasteiger partial charge in [0.05, 0.1) is 4.47 Å². The highest BCUT2D eigenvalue weighted by molar-refractivity contribution is 9.10. The Bertz CT molecular complexity index is 1070. The number of anilines is 4. The quantitative estimate of drug-likeness (QED) is 0.237. The number of rotatable bonds is 7. The van der Waals surface area contributed by atoms with E-state index < -0.39 is 0 Å². The van der Waals surface area contributed by atoms with Gasteiger partial charge in [0.15, 0.2) is 0 Å². The van der Waals surface area contributed by atoms with E-state index in [1.165, 1.54) is 6.07 Å². The van der Waals surface area contributed by atoms with Crippen LogP contribution in [0.4, 0.5) is 27.5 Å². The van der Waals surface area contributed by atoms with Gasteiger partial charge in [-0.3, -0.25) is 9.52 Å². The van der Waals surface area contributed by atoms with Gasteiger partial charge in [-0.15, -0.1) is 0 Å². The van der Waals surface area contributed by atoms with Gasteiger partial charge in [-0.25, -0.2) is 9.37 Å². The lowest BCUT2D eigenvalue weighted by molar-refractivity contribution is -0.106. The molecule has 7 nitrogen and oxygen atoms in total. The van der Waals surface area contributed by atoms with Crippen LogP contribution in [0.3, 0.4) is 0 Å². The standard InChI is InChI=1S/C21H23BrFN5S.CH3NO/c1-12(2)28-29-15-8-9-18(13(3)10-15)26-21-24-11-16(22)20(27-21)25-19-7-5-6-17(23)14(19)4;2-1-3/h5-12,28H,1-4H3,(H2,24,25,26,27);1H,(H2,2,3). The minimum absolute atomic E-state index is 0.250. The molecule has 170 valence electrons. The van der Waals surface area contributed by atoms with Gasteiger partial charge in [0.25, 0.3) is 0 Å². The third kappa shape index (κ3) is 7.47. The number of benzene rings is 2. The fourth-order valence-corrected chi connectivity index (χ4v) is 3.57. The summed E-state index contributed by atoms with van der Waals surface area (Å²) in [6.45, 7) is 7.98. The maximum Gasteiger partial charge on any atom is 0.229 e. The molecule has 0 saturated carbocycles. The highest BCUT2D eigenvalue weighted by atomic mass is 79.9. The molecule has 0 spiro atoms. The van der Waals surface area contributed by atoms with Crippen LogP contribution in [0.1, 0.15) is 25.0 Å². The Morgan fingerprint density at radius 2 is 1.88 bits per heavy atom. The van der Waals surface area contributed by atoms with E-state index in [1.54, 1.807) is 31.1 Å². The van der Waals surface area contributed by atoms with Crippen LogP contribution in [0.5, 0.6) is 0 Å². The number of hydrogen-bond acceptors (Lipinski definition) is 7. The summed E-state index contributed by atoms with van der Waals surface area (Å²) < 4.78 is 17.8. The van der Waals surface area contributed by atoms with Crippen molar-refractivity contribution in [2.45, 2.75) is 38.6 Å². The van der Waals surface area contributed by atoms with Gasteiger partial charge in [-0.05, 0) is 91.5 Å². The van der Waals surface area contributed by atoms with Gasteiger partial charge in [0, 0.05) is 34.1 Å². The summed E-state index contributed by atoms with van der Waals surface area (Å²) in [5, 5.41) is 6.43. The second-order valence-electron chi connectivity index (χ2n) is 7.04. The van der Waals surface area contributed by atoms with Crippen molar-refractivity contribution in [1.29, 1.82) is 0 Å². The zero-order valence-electron chi connectivity index (χ0n) is 18.2. The van der Waals surface area contributed by atoms with Crippen molar-refractivity contribution in [3.63, 3.8) is 0 Å². The highest BCUT2D eigenvalue weighted by Crippen LogP contribution is 2.29. The van der Waals surface area contributed by atoms with E-state index in [2.05, 4.69) is 66.9 Å². The first kappa shape index (κ1) is 25.6. The lowest BCUT2D eigenvalue weighted by Crippen LogP contribution is -2.13. The van der Waals surface area contributed by atoms with Gasteiger partial charge >= 0.3 is 0 Å². The fraction of sp³-hybridized carbons (Fsp3) is 0.227. The Kier molecular flexibility index (Phi) is 9.89. The van der Waals surface area contributed by atoms with Gasteiger partial charge in [-0.1, -0.05) is 6.07 Å². The summed E-state index contributed by atoms with van der Waals surface area (Å²) in [4.78, 5) is 18.6. The van der Waals surface area contributed by atoms with Crippen molar-refractivity contribution in [2.24, 2.45) is 5.73 Å². The average molecular weight is 521 g/mol. The first-order valence-corrected chi connectivity index (χ1v) is 11.4. The number of amides is 1. The van der Waals surface area contributed by atoms with Gasteiger partial charge in [0.1, 0.15) is 11.6 Å². The molecule has 32 heavy (non-hydrogen) atoms. The van der Waals surface area contributed by atoms with Crippen LogP contribution in [0.25, 0.3) is 0 Å². The maximum absolute atomic E-state index is 13.8. The third-order valence-corrected chi connectivity index (χ3v) is 5.78. The molecule has 1 heterocycles. The van der Waals surface area contributed by atoms with Crippen molar-refractivity contribution < 1.29 is 9.18 Å².